The van der Waals surface area contributed by atoms with Crippen molar-refractivity contribution in [2.45, 2.75) is 13.0 Å². The lowest BCUT2D eigenvalue weighted by Crippen LogP contribution is -2.23. The summed E-state index contributed by atoms with van der Waals surface area (Å²) in [5.74, 6) is -0.205. The summed E-state index contributed by atoms with van der Waals surface area (Å²) in [5.41, 5.74) is 1.07. The van der Waals surface area contributed by atoms with Crippen molar-refractivity contribution in [3.05, 3.63) is 35.6 Å². The summed E-state index contributed by atoms with van der Waals surface area (Å²) < 4.78 is 22.9. The molecule has 0 bridgehead atoms. The Kier molecular flexibility index (Phi) is 6.77. The zero-order chi connectivity index (χ0) is 12.5. The molecule has 0 radical (unpaired) electrons. The van der Waals surface area contributed by atoms with Gasteiger partial charge >= 0.3 is 0 Å². The lowest BCUT2D eigenvalue weighted by Gasteiger charge is -2.14. The summed E-state index contributed by atoms with van der Waals surface area (Å²) in [6, 6.07) is 6.73. The molecule has 96 valence electrons. The van der Waals surface area contributed by atoms with Crippen LogP contribution in [0.3, 0.4) is 0 Å². The highest BCUT2D eigenvalue weighted by Crippen LogP contribution is 2.12. The van der Waals surface area contributed by atoms with Gasteiger partial charge in [-0.05, 0) is 24.6 Å². The normalized spacial score (nSPS) is 12.6. The lowest BCUT2D eigenvalue weighted by molar-refractivity contribution is 0.0712. The standard InChI is InChI=1S/C13H20FNO2/c1-11(12-3-5-13(14)6-4-12)15-7-8-17-10-9-16-2/h3-6,11,15H,7-10H2,1-2H3/t11-/m1/s1. The topological polar surface area (TPSA) is 30.5 Å². The average Bonchev–Trinajstić information content (AvgIpc) is 2.34. The smallest absolute Gasteiger partial charge is 0.123 e. The van der Waals surface area contributed by atoms with Crippen LogP contribution in [0.25, 0.3) is 0 Å². The number of benzene rings is 1. The van der Waals surface area contributed by atoms with Crippen LogP contribution in [-0.4, -0.2) is 33.5 Å². The van der Waals surface area contributed by atoms with Gasteiger partial charge in [-0.1, -0.05) is 12.1 Å². The summed E-state index contributed by atoms with van der Waals surface area (Å²) in [5, 5.41) is 3.31. The van der Waals surface area contributed by atoms with Crippen molar-refractivity contribution in [3.8, 4) is 0 Å². The zero-order valence-corrected chi connectivity index (χ0v) is 10.4. The average molecular weight is 241 g/mol. The van der Waals surface area contributed by atoms with E-state index in [1.807, 2.05) is 6.92 Å². The molecule has 0 saturated heterocycles. The van der Waals surface area contributed by atoms with Crippen LogP contribution in [0.4, 0.5) is 4.39 Å². The third kappa shape index (κ3) is 5.77. The SMILES string of the molecule is COCCOCCN[C@H](C)c1ccc(F)cc1. The maximum atomic E-state index is 12.7. The fourth-order valence-electron chi connectivity index (χ4n) is 1.46. The Balaban J connectivity index is 2.16. The Bertz CT molecular complexity index is 303. The summed E-state index contributed by atoms with van der Waals surface area (Å²) in [4.78, 5) is 0. The highest BCUT2D eigenvalue weighted by Gasteiger charge is 2.03. The van der Waals surface area contributed by atoms with Crippen LogP contribution in [0, 0.1) is 5.82 Å². The van der Waals surface area contributed by atoms with E-state index in [1.165, 1.54) is 12.1 Å². The third-order valence-corrected chi connectivity index (χ3v) is 2.50. The first-order valence-electron chi connectivity index (χ1n) is 5.79. The van der Waals surface area contributed by atoms with E-state index in [2.05, 4.69) is 5.32 Å². The van der Waals surface area contributed by atoms with Gasteiger partial charge in [0.2, 0.25) is 0 Å². The van der Waals surface area contributed by atoms with Crippen LogP contribution in [0.1, 0.15) is 18.5 Å². The Labute approximate surface area is 102 Å². The van der Waals surface area contributed by atoms with E-state index in [4.69, 9.17) is 9.47 Å². The third-order valence-electron chi connectivity index (χ3n) is 2.50. The van der Waals surface area contributed by atoms with Gasteiger partial charge in [-0.15, -0.1) is 0 Å². The minimum Gasteiger partial charge on any atom is -0.382 e. The van der Waals surface area contributed by atoms with Crippen LogP contribution < -0.4 is 5.32 Å². The molecule has 17 heavy (non-hydrogen) atoms. The first kappa shape index (κ1) is 14.1. The minimum absolute atomic E-state index is 0.196. The highest BCUT2D eigenvalue weighted by molar-refractivity contribution is 5.19. The number of hydrogen-bond donors (Lipinski definition) is 1. The van der Waals surface area contributed by atoms with Gasteiger partial charge in [-0.25, -0.2) is 4.39 Å². The number of methoxy groups -OCH3 is 1. The Morgan fingerprint density at radius 3 is 2.53 bits per heavy atom. The fraction of sp³-hybridized carbons (Fsp3) is 0.538. The van der Waals surface area contributed by atoms with Crippen LogP contribution in [0.5, 0.6) is 0 Å². The van der Waals surface area contributed by atoms with Crippen molar-refractivity contribution in [1.82, 2.24) is 5.32 Å². The predicted molar refractivity (Wildman–Crippen MR) is 65.5 cm³/mol. The summed E-state index contributed by atoms with van der Waals surface area (Å²) in [7, 11) is 1.65. The zero-order valence-electron chi connectivity index (χ0n) is 10.4. The second-order valence-electron chi connectivity index (χ2n) is 3.83. The fourth-order valence-corrected chi connectivity index (χ4v) is 1.46. The predicted octanol–water partition coefficient (Wildman–Crippen LogP) is 2.14. The van der Waals surface area contributed by atoms with Crippen LogP contribution in [0.15, 0.2) is 24.3 Å². The molecule has 0 fully saturated rings. The lowest BCUT2D eigenvalue weighted by atomic mass is 10.1. The molecule has 1 N–H and O–H groups in total. The molecule has 1 aromatic rings. The second-order valence-corrected chi connectivity index (χ2v) is 3.83. The number of nitrogens with one attached hydrogen (secondary N) is 1. The molecule has 0 spiro atoms. The summed E-state index contributed by atoms with van der Waals surface area (Å²) >= 11 is 0. The van der Waals surface area contributed by atoms with Gasteiger partial charge in [-0.3, -0.25) is 0 Å². The van der Waals surface area contributed by atoms with Gasteiger partial charge in [0.05, 0.1) is 19.8 Å². The molecule has 0 unspecified atom stereocenters. The molecule has 0 amide bonds. The van der Waals surface area contributed by atoms with E-state index in [-0.39, 0.29) is 11.9 Å². The van der Waals surface area contributed by atoms with Crippen molar-refractivity contribution in [1.29, 1.82) is 0 Å². The largest absolute Gasteiger partial charge is 0.382 e. The van der Waals surface area contributed by atoms with Gasteiger partial charge < -0.3 is 14.8 Å². The number of rotatable bonds is 8. The summed E-state index contributed by atoms with van der Waals surface area (Å²) in [6.45, 7) is 4.69. The molecule has 0 aromatic heterocycles. The molecule has 1 rings (SSSR count). The van der Waals surface area contributed by atoms with Gasteiger partial charge in [-0.2, -0.15) is 0 Å². The molecule has 3 nitrogen and oxygen atoms in total. The molecule has 0 aliphatic rings. The number of ether oxygens (including phenoxy) is 2. The van der Waals surface area contributed by atoms with Gasteiger partial charge in [0.1, 0.15) is 5.82 Å². The van der Waals surface area contributed by atoms with E-state index in [9.17, 15) is 4.39 Å². The highest BCUT2D eigenvalue weighted by atomic mass is 19.1. The van der Waals surface area contributed by atoms with Gasteiger partial charge in [0.25, 0.3) is 0 Å². The number of halogens is 1. The van der Waals surface area contributed by atoms with Crippen molar-refractivity contribution >= 4 is 0 Å². The Morgan fingerprint density at radius 1 is 1.18 bits per heavy atom. The second kappa shape index (κ2) is 8.17. The monoisotopic (exact) mass is 241 g/mol. The molecule has 0 heterocycles. The van der Waals surface area contributed by atoms with Crippen LogP contribution in [0.2, 0.25) is 0 Å². The molecule has 4 heteroatoms. The maximum absolute atomic E-state index is 12.7. The first-order chi connectivity index (χ1) is 8.24. The molecular formula is C13H20FNO2. The maximum Gasteiger partial charge on any atom is 0.123 e. The van der Waals surface area contributed by atoms with Crippen molar-refractivity contribution < 1.29 is 13.9 Å². The molecule has 1 atom stereocenters. The van der Waals surface area contributed by atoms with E-state index < -0.39 is 0 Å². The van der Waals surface area contributed by atoms with Crippen molar-refractivity contribution in [3.63, 3.8) is 0 Å². The van der Waals surface area contributed by atoms with E-state index in [0.29, 0.717) is 19.8 Å². The Hall–Kier alpha value is -0.970. The van der Waals surface area contributed by atoms with Crippen molar-refractivity contribution in [2.24, 2.45) is 0 Å². The van der Waals surface area contributed by atoms with Crippen LogP contribution in [-0.2, 0) is 9.47 Å². The molecule has 1 aromatic carbocycles. The Morgan fingerprint density at radius 2 is 1.88 bits per heavy atom. The summed E-state index contributed by atoms with van der Waals surface area (Å²) in [6.07, 6.45) is 0. The number of hydrogen-bond acceptors (Lipinski definition) is 3. The van der Waals surface area contributed by atoms with E-state index in [1.54, 1.807) is 19.2 Å². The minimum atomic E-state index is -0.205. The van der Waals surface area contributed by atoms with Gasteiger partial charge in [0.15, 0.2) is 0 Å². The molecule has 0 aliphatic carbocycles. The van der Waals surface area contributed by atoms with Gasteiger partial charge in [0, 0.05) is 19.7 Å². The van der Waals surface area contributed by atoms with E-state index >= 15 is 0 Å². The first-order valence-corrected chi connectivity index (χ1v) is 5.79. The van der Waals surface area contributed by atoms with Crippen molar-refractivity contribution in [2.75, 3.05) is 33.5 Å². The molecule has 0 saturated carbocycles. The molecule has 0 aliphatic heterocycles. The van der Waals surface area contributed by atoms with Crippen LogP contribution >= 0.6 is 0 Å². The quantitative estimate of drug-likeness (QED) is 0.707. The van der Waals surface area contributed by atoms with E-state index in [0.717, 1.165) is 12.1 Å². The molecular weight excluding hydrogens is 221 g/mol.